The smallest absolute Gasteiger partial charge is 0.252 e. The molecule has 3 amide bonds. The predicted molar refractivity (Wildman–Crippen MR) is 119 cm³/mol. The van der Waals surface area contributed by atoms with Crippen LogP contribution in [-0.4, -0.2) is 49.9 Å². The van der Waals surface area contributed by atoms with Gasteiger partial charge in [-0.15, -0.1) is 0 Å². The molecule has 0 spiro atoms. The molecule has 0 fully saturated rings. The van der Waals surface area contributed by atoms with Gasteiger partial charge in [0.15, 0.2) is 7.59 Å². The van der Waals surface area contributed by atoms with Crippen LogP contribution in [0.25, 0.3) is 0 Å². The van der Waals surface area contributed by atoms with Gasteiger partial charge in [-0.3, -0.25) is 19.3 Å². The Labute approximate surface area is 201 Å². The van der Waals surface area contributed by atoms with Crippen LogP contribution in [0.5, 0.6) is 0 Å². The van der Waals surface area contributed by atoms with Crippen LogP contribution >= 0.6 is 69.6 Å². The molecule has 0 aromatic carbocycles. The molecule has 12 heteroatoms. The molecule has 168 valence electrons. The van der Waals surface area contributed by atoms with E-state index in [0.717, 1.165) is 4.90 Å². The van der Waals surface area contributed by atoms with Crippen molar-refractivity contribution in [3.8, 4) is 0 Å². The van der Waals surface area contributed by atoms with Gasteiger partial charge in [-0.05, 0) is 38.7 Å². The Bertz CT molecular complexity index is 589. The number of hydrogen-bond donors (Lipinski definition) is 1. The summed E-state index contributed by atoms with van der Waals surface area (Å²) in [7, 11) is 1.39. The Kier molecular flexibility index (Phi) is 13.3. The summed E-state index contributed by atoms with van der Waals surface area (Å²) in [6.07, 6.45) is 2.20. The summed E-state index contributed by atoms with van der Waals surface area (Å²) in [5, 5.41) is 2.55. The molecule has 2 unspecified atom stereocenters. The lowest BCUT2D eigenvalue weighted by molar-refractivity contribution is -0.144. The Balaban J connectivity index is 5.80. The van der Waals surface area contributed by atoms with Gasteiger partial charge < -0.3 is 10.1 Å². The number of halogens is 6. The summed E-state index contributed by atoms with van der Waals surface area (Å²) in [5.41, 5.74) is 0. The van der Waals surface area contributed by atoms with Crippen LogP contribution in [0.4, 0.5) is 0 Å². The molecule has 0 bridgehead atoms. The van der Waals surface area contributed by atoms with E-state index in [-0.39, 0.29) is 32.1 Å². The highest BCUT2D eigenvalue weighted by Gasteiger charge is 2.35. The molecular weight excluding hydrogens is 509 g/mol. The largest absolute Gasteiger partial charge is 0.499 e. The van der Waals surface area contributed by atoms with Gasteiger partial charge in [-0.25, -0.2) is 0 Å². The second-order valence-corrected chi connectivity index (χ2v) is 11.1. The molecule has 0 heterocycles. The van der Waals surface area contributed by atoms with Gasteiger partial charge in [0.25, 0.3) is 5.91 Å². The average Bonchev–Trinajstić information content (AvgIpc) is 2.62. The van der Waals surface area contributed by atoms with Crippen molar-refractivity contribution < 1.29 is 19.1 Å². The van der Waals surface area contributed by atoms with E-state index >= 15 is 0 Å². The van der Waals surface area contributed by atoms with E-state index < -0.39 is 31.5 Å². The highest BCUT2D eigenvalue weighted by molar-refractivity contribution is 6.67. The zero-order valence-electron chi connectivity index (χ0n) is 16.2. The summed E-state index contributed by atoms with van der Waals surface area (Å²) in [4.78, 5) is 37.7. The van der Waals surface area contributed by atoms with E-state index in [0.29, 0.717) is 12.2 Å². The third-order valence-electron chi connectivity index (χ3n) is 3.92. The number of amides is 3. The van der Waals surface area contributed by atoms with Crippen LogP contribution in [0.15, 0.2) is 11.8 Å². The fourth-order valence-corrected chi connectivity index (χ4v) is 3.14. The first-order valence-corrected chi connectivity index (χ1v) is 11.0. The second-order valence-electron chi connectivity index (χ2n) is 6.04. The molecule has 2 atom stereocenters. The molecule has 0 radical (unpaired) electrons. The van der Waals surface area contributed by atoms with Crippen LogP contribution in [0, 0.1) is 0 Å². The number of rotatable bonds is 11. The Morgan fingerprint density at radius 1 is 1.07 bits per heavy atom. The van der Waals surface area contributed by atoms with Crippen LogP contribution in [0.3, 0.4) is 0 Å². The topological polar surface area (TPSA) is 75.7 Å². The molecule has 0 saturated carbocycles. The Morgan fingerprint density at radius 2 is 1.59 bits per heavy atom. The number of methoxy groups -OCH3 is 1. The molecule has 0 aliphatic rings. The maximum Gasteiger partial charge on any atom is 0.252 e. The number of ether oxygens (including phenoxy) is 1. The first-order chi connectivity index (χ1) is 13.3. The minimum absolute atomic E-state index is 0.000738. The lowest BCUT2D eigenvalue weighted by Crippen LogP contribution is -2.52. The Hall–Kier alpha value is -0.110. The Morgan fingerprint density at radius 3 is 1.97 bits per heavy atom. The summed E-state index contributed by atoms with van der Waals surface area (Å²) in [6, 6.07) is -1.94. The van der Waals surface area contributed by atoms with Gasteiger partial charge in [0.2, 0.25) is 12.3 Å². The third kappa shape index (κ3) is 11.7. The first kappa shape index (κ1) is 28.9. The molecule has 1 N–H and O–H groups in total. The fraction of sp³-hybridized carbons (Fsp3) is 0.706. The van der Waals surface area contributed by atoms with Gasteiger partial charge in [0.05, 0.1) is 13.2 Å². The molecule has 0 saturated heterocycles. The average molecular weight is 533 g/mol. The van der Waals surface area contributed by atoms with Crippen LogP contribution in [-0.2, 0) is 19.1 Å². The highest BCUT2D eigenvalue weighted by Crippen LogP contribution is 2.34. The minimum atomic E-state index is -1.63. The molecule has 0 aromatic heterocycles. The molecule has 0 aliphatic heterocycles. The van der Waals surface area contributed by atoms with Crippen molar-refractivity contribution in [2.24, 2.45) is 0 Å². The lowest BCUT2D eigenvalue weighted by atomic mass is 10.0. The van der Waals surface area contributed by atoms with E-state index in [1.54, 1.807) is 19.9 Å². The van der Waals surface area contributed by atoms with Crippen LogP contribution in [0.2, 0.25) is 0 Å². The van der Waals surface area contributed by atoms with E-state index in [1.807, 2.05) is 0 Å². The van der Waals surface area contributed by atoms with Gasteiger partial charge in [0, 0.05) is 6.42 Å². The number of allylic oxidation sites excluding steroid dienone is 1. The van der Waals surface area contributed by atoms with Gasteiger partial charge in [0.1, 0.15) is 11.8 Å². The fourth-order valence-electron chi connectivity index (χ4n) is 2.49. The SMILES string of the molecule is C/C=C(/OC)C(CCC(Cl)(Cl)Cl)N(C=O)C(=O)C(CCC(Cl)(Cl)Cl)NC(=O)CC. The van der Waals surface area contributed by atoms with Crippen molar-refractivity contribution in [3.05, 3.63) is 11.8 Å². The maximum atomic E-state index is 13.1. The quantitative estimate of drug-likeness (QED) is 0.228. The highest BCUT2D eigenvalue weighted by atomic mass is 35.6. The predicted octanol–water partition coefficient (Wildman–Crippen LogP) is 5.09. The van der Waals surface area contributed by atoms with Crippen LogP contribution < -0.4 is 5.32 Å². The number of imide groups is 1. The van der Waals surface area contributed by atoms with E-state index in [1.165, 1.54) is 7.11 Å². The summed E-state index contributed by atoms with van der Waals surface area (Å²) >= 11 is 34.8. The molecule has 29 heavy (non-hydrogen) atoms. The molecular formula is C17H24Cl6N2O4. The lowest BCUT2D eigenvalue weighted by Gasteiger charge is -2.32. The van der Waals surface area contributed by atoms with Crippen molar-refractivity contribution in [1.29, 1.82) is 0 Å². The molecule has 0 rings (SSSR count). The van der Waals surface area contributed by atoms with Crippen molar-refractivity contribution in [3.63, 3.8) is 0 Å². The van der Waals surface area contributed by atoms with Crippen molar-refractivity contribution in [2.45, 2.75) is 65.6 Å². The first-order valence-electron chi connectivity index (χ1n) is 8.70. The molecule has 0 aromatic rings. The summed E-state index contributed by atoms with van der Waals surface area (Å²) in [6.45, 7) is 3.30. The van der Waals surface area contributed by atoms with Gasteiger partial charge in [-0.2, -0.15) is 0 Å². The molecule has 6 nitrogen and oxygen atoms in total. The summed E-state index contributed by atoms with van der Waals surface area (Å²) in [5.74, 6) is -0.766. The number of nitrogens with one attached hydrogen (secondary N) is 1. The number of carbonyl (C=O) groups excluding carboxylic acids is 3. The second kappa shape index (κ2) is 13.3. The summed E-state index contributed by atoms with van der Waals surface area (Å²) < 4.78 is 2.07. The minimum Gasteiger partial charge on any atom is -0.499 e. The third-order valence-corrected chi connectivity index (χ3v) is 5.06. The van der Waals surface area contributed by atoms with E-state index in [2.05, 4.69) is 5.32 Å². The van der Waals surface area contributed by atoms with Gasteiger partial charge >= 0.3 is 0 Å². The van der Waals surface area contributed by atoms with Crippen molar-refractivity contribution in [1.82, 2.24) is 10.2 Å². The standard InChI is InChI=1S/C17H24Cl6N2O4/c1-4-13(29-3)12(7-9-17(21,22)23)25(10-26)15(28)11(24-14(27)5-2)6-8-16(18,19)20/h4,10-12H,5-9H2,1-3H3,(H,24,27)/b13-4+. The monoisotopic (exact) mass is 530 g/mol. The van der Waals surface area contributed by atoms with Crippen molar-refractivity contribution in [2.75, 3.05) is 7.11 Å². The number of hydrogen-bond acceptors (Lipinski definition) is 4. The maximum absolute atomic E-state index is 13.1. The number of nitrogens with zero attached hydrogens (tertiary/aromatic N) is 1. The number of alkyl halides is 6. The number of carbonyl (C=O) groups is 3. The molecule has 0 aliphatic carbocycles. The van der Waals surface area contributed by atoms with Crippen molar-refractivity contribution >= 4 is 87.8 Å². The van der Waals surface area contributed by atoms with Gasteiger partial charge in [-0.1, -0.05) is 76.5 Å². The van der Waals surface area contributed by atoms with Crippen LogP contribution in [0.1, 0.15) is 46.0 Å². The van der Waals surface area contributed by atoms with E-state index in [4.69, 9.17) is 74.3 Å². The van der Waals surface area contributed by atoms with E-state index in [9.17, 15) is 14.4 Å². The normalized spacial score (nSPS) is 14.7. The zero-order valence-corrected chi connectivity index (χ0v) is 20.7. The zero-order chi connectivity index (χ0) is 22.8.